The van der Waals surface area contributed by atoms with Crippen LogP contribution in [0.15, 0.2) is 30.6 Å². The summed E-state index contributed by atoms with van der Waals surface area (Å²) < 4.78 is 12.5. The number of hydrogen-bond acceptors (Lipinski definition) is 4. The molecule has 1 aromatic carbocycles. The summed E-state index contributed by atoms with van der Waals surface area (Å²) >= 11 is 0. The van der Waals surface area contributed by atoms with Crippen molar-refractivity contribution in [2.75, 3.05) is 19.5 Å². The van der Waals surface area contributed by atoms with Gasteiger partial charge in [0, 0.05) is 43.3 Å². The van der Waals surface area contributed by atoms with Gasteiger partial charge in [0.25, 0.3) is 0 Å². The summed E-state index contributed by atoms with van der Waals surface area (Å²) in [4.78, 5) is 4.33. The van der Waals surface area contributed by atoms with E-state index in [4.69, 9.17) is 9.47 Å². The minimum atomic E-state index is 0.0943. The number of ether oxygens (including phenoxy) is 2. The van der Waals surface area contributed by atoms with E-state index in [1.807, 2.05) is 36.0 Å². The molecule has 0 saturated heterocycles. The predicted octanol–water partition coefficient (Wildman–Crippen LogP) is 2.61. The molecule has 102 valence electrons. The zero-order valence-corrected chi connectivity index (χ0v) is 11.7. The molecule has 1 N–H and O–H groups in total. The summed E-state index contributed by atoms with van der Waals surface area (Å²) in [6.45, 7) is 2.06. The van der Waals surface area contributed by atoms with Crippen LogP contribution in [0.25, 0.3) is 0 Å². The number of rotatable bonds is 5. The number of aromatic nitrogens is 2. The maximum absolute atomic E-state index is 5.25. The maximum Gasteiger partial charge on any atom is 0.130 e. The number of aryl methyl sites for hydroxylation is 1. The van der Waals surface area contributed by atoms with Crippen LogP contribution in [-0.2, 0) is 7.05 Å². The van der Waals surface area contributed by atoms with E-state index in [2.05, 4.69) is 17.2 Å². The lowest BCUT2D eigenvalue weighted by Crippen LogP contribution is -2.11. The monoisotopic (exact) mass is 261 g/mol. The summed E-state index contributed by atoms with van der Waals surface area (Å²) in [6, 6.07) is 5.80. The fraction of sp³-hybridized carbons (Fsp3) is 0.357. The van der Waals surface area contributed by atoms with Crippen LogP contribution in [-0.4, -0.2) is 23.8 Å². The molecule has 0 bridgehead atoms. The highest BCUT2D eigenvalue weighted by molar-refractivity contribution is 5.54. The van der Waals surface area contributed by atoms with E-state index in [0.29, 0.717) is 0 Å². The standard InChI is InChI=1S/C14H19N3O2/c1-10(14-15-5-6-17(14)2)16-11-7-12(18-3)9-13(8-11)19-4/h5-10,16H,1-4H3. The minimum absolute atomic E-state index is 0.0943. The first-order valence-electron chi connectivity index (χ1n) is 6.11. The molecule has 1 atom stereocenters. The van der Waals surface area contributed by atoms with Gasteiger partial charge in [-0.15, -0.1) is 0 Å². The molecule has 1 unspecified atom stereocenters. The molecule has 0 amide bonds. The Kier molecular flexibility index (Phi) is 3.94. The van der Waals surface area contributed by atoms with Crippen LogP contribution >= 0.6 is 0 Å². The maximum atomic E-state index is 5.25. The fourth-order valence-electron chi connectivity index (χ4n) is 2.00. The lowest BCUT2D eigenvalue weighted by molar-refractivity contribution is 0.394. The molecule has 5 nitrogen and oxygen atoms in total. The molecular weight excluding hydrogens is 242 g/mol. The van der Waals surface area contributed by atoms with Gasteiger partial charge in [-0.25, -0.2) is 4.98 Å². The van der Waals surface area contributed by atoms with Gasteiger partial charge in [0.05, 0.1) is 20.3 Å². The number of nitrogens with zero attached hydrogens (tertiary/aromatic N) is 2. The molecule has 0 aliphatic rings. The lowest BCUT2D eigenvalue weighted by atomic mass is 10.2. The normalized spacial score (nSPS) is 12.0. The van der Waals surface area contributed by atoms with Crippen molar-refractivity contribution >= 4 is 5.69 Å². The Morgan fingerprint density at radius 1 is 1.16 bits per heavy atom. The van der Waals surface area contributed by atoms with Crippen molar-refractivity contribution in [1.82, 2.24) is 9.55 Å². The number of imidazole rings is 1. The first kappa shape index (κ1) is 13.3. The summed E-state index contributed by atoms with van der Waals surface area (Å²) in [5.41, 5.74) is 0.937. The summed E-state index contributed by atoms with van der Waals surface area (Å²) in [6.07, 6.45) is 3.72. The Morgan fingerprint density at radius 3 is 2.26 bits per heavy atom. The quantitative estimate of drug-likeness (QED) is 0.898. The molecule has 1 heterocycles. The molecule has 0 aliphatic heterocycles. The van der Waals surface area contributed by atoms with Crippen LogP contribution in [0, 0.1) is 0 Å². The van der Waals surface area contributed by atoms with Crippen molar-refractivity contribution < 1.29 is 9.47 Å². The van der Waals surface area contributed by atoms with Crippen molar-refractivity contribution in [2.45, 2.75) is 13.0 Å². The van der Waals surface area contributed by atoms with Gasteiger partial charge >= 0.3 is 0 Å². The first-order chi connectivity index (χ1) is 9.13. The molecule has 2 rings (SSSR count). The molecule has 0 radical (unpaired) electrons. The fourth-order valence-corrected chi connectivity index (χ4v) is 2.00. The third kappa shape index (κ3) is 2.99. The summed E-state index contributed by atoms with van der Waals surface area (Å²) in [5, 5.41) is 3.39. The molecule has 5 heteroatoms. The van der Waals surface area contributed by atoms with Gasteiger partial charge < -0.3 is 19.4 Å². The van der Waals surface area contributed by atoms with Gasteiger partial charge in [-0.3, -0.25) is 0 Å². The number of methoxy groups -OCH3 is 2. The van der Waals surface area contributed by atoms with Gasteiger partial charge in [-0.1, -0.05) is 0 Å². The molecule has 0 fully saturated rings. The van der Waals surface area contributed by atoms with Crippen molar-refractivity contribution in [3.8, 4) is 11.5 Å². The third-order valence-electron chi connectivity index (χ3n) is 2.98. The second-order valence-corrected chi connectivity index (χ2v) is 4.36. The highest BCUT2D eigenvalue weighted by atomic mass is 16.5. The third-order valence-corrected chi connectivity index (χ3v) is 2.98. The molecule has 0 spiro atoms. The topological polar surface area (TPSA) is 48.3 Å². The zero-order chi connectivity index (χ0) is 13.8. The van der Waals surface area contributed by atoms with E-state index < -0.39 is 0 Å². The average molecular weight is 261 g/mol. The largest absolute Gasteiger partial charge is 0.497 e. The van der Waals surface area contributed by atoms with E-state index in [-0.39, 0.29) is 6.04 Å². The molecule has 0 aliphatic carbocycles. The van der Waals surface area contributed by atoms with Crippen LogP contribution in [0.3, 0.4) is 0 Å². The van der Waals surface area contributed by atoms with Crippen LogP contribution in [0.4, 0.5) is 5.69 Å². The second-order valence-electron chi connectivity index (χ2n) is 4.36. The van der Waals surface area contributed by atoms with Crippen LogP contribution < -0.4 is 14.8 Å². The Morgan fingerprint density at radius 2 is 1.79 bits per heavy atom. The van der Waals surface area contributed by atoms with Gasteiger partial charge in [0.15, 0.2) is 0 Å². The Labute approximate surface area is 113 Å². The smallest absolute Gasteiger partial charge is 0.130 e. The van der Waals surface area contributed by atoms with Gasteiger partial charge in [-0.05, 0) is 6.92 Å². The van der Waals surface area contributed by atoms with E-state index in [1.54, 1.807) is 20.4 Å². The average Bonchev–Trinajstić information content (AvgIpc) is 2.84. The van der Waals surface area contributed by atoms with Crippen LogP contribution in [0.5, 0.6) is 11.5 Å². The van der Waals surface area contributed by atoms with Gasteiger partial charge in [-0.2, -0.15) is 0 Å². The van der Waals surface area contributed by atoms with Crippen molar-refractivity contribution in [1.29, 1.82) is 0 Å². The summed E-state index contributed by atoms with van der Waals surface area (Å²) in [5.74, 6) is 2.49. The predicted molar refractivity (Wildman–Crippen MR) is 74.8 cm³/mol. The highest BCUT2D eigenvalue weighted by Crippen LogP contribution is 2.28. The van der Waals surface area contributed by atoms with Crippen LogP contribution in [0.1, 0.15) is 18.8 Å². The van der Waals surface area contributed by atoms with Gasteiger partial charge in [0.2, 0.25) is 0 Å². The van der Waals surface area contributed by atoms with E-state index in [1.165, 1.54) is 0 Å². The second kappa shape index (κ2) is 5.65. The minimum Gasteiger partial charge on any atom is -0.497 e. The number of hydrogen-bond donors (Lipinski definition) is 1. The van der Waals surface area contributed by atoms with E-state index in [0.717, 1.165) is 23.0 Å². The van der Waals surface area contributed by atoms with E-state index >= 15 is 0 Å². The Bertz CT molecular complexity index is 529. The van der Waals surface area contributed by atoms with Crippen molar-refractivity contribution in [2.24, 2.45) is 7.05 Å². The molecule has 2 aromatic rings. The van der Waals surface area contributed by atoms with Crippen molar-refractivity contribution in [3.63, 3.8) is 0 Å². The Hall–Kier alpha value is -2.17. The number of benzene rings is 1. The molecule has 0 saturated carbocycles. The molecule has 19 heavy (non-hydrogen) atoms. The SMILES string of the molecule is COc1cc(NC(C)c2nccn2C)cc(OC)c1. The molecular formula is C14H19N3O2. The van der Waals surface area contributed by atoms with Crippen LogP contribution in [0.2, 0.25) is 0 Å². The Balaban J connectivity index is 2.21. The van der Waals surface area contributed by atoms with E-state index in [9.17, 15) is 0 Å². The molecule has 1 aromatic heterocycles. The first-order valence-corrected chi connectivity index (χ1v) is 6.11. The highest BCUT2D eigenvalue weighted by Gasteiger charge is 2.11. The number of anilines is 1. The number of nitrogens with one attached hydrogen (secondary N) is 1. The van der Waals surface area contributed by atoms with Crippen molar-refractivity contribution in [3.05, 3.63) is 36.4 Å². The van der Waals surface area contributed by atoms with Gasteiger partial charge in [0.1, 0.15) is 17.3 Å². The summed E-state index contributed by atoms with van der Waals surface area (Å²) in [7, 11) is 5.26. The lowest BCUT2D eigenvalue weighted by Gasteiger charge is -2.16. The zero-order valence-electron chi connectivity index (χ0n) is 11.7.